The number of anilines is 1. The molecule has 0 saturated carbocycles. The lowest BCUT2D eigenvalue weighted by atomic mass is 10.2. The molecule has 0 amide bonds. The third kappa shape index (κ3) is 2.66. The largest absolute Gasteiger partial charge is 0.508 e. The zero-order valence-corrected chi connectivity index (χ0v) is 9.72. The Morgan fingerprint density at radius 3 is 3.00 bits per heavy atom. The summed E-state index contributed by atoms with van der Waals surface area (Å²) in [6, 6.07) is 5.44. The van der Waals surface area contributed by atoms with Crippen LogP contribution in [0.3, 0.4) is 0 Å². The van der Waals surface area contributed by atoms with Gasteiger partial charge in [0.25, 0.3) is 0 Å². The van der Waals surface area contributed by atoms with Crippen molar-refractivity contribution < 1.29 is 5.11 Å². The van der Waals surface area contributed by atoms with E-state index in [1.54, 1.807) is 23.1 Å². The lowest BCUT2D eigenvalue weighted by Gasteiger charge is -2.06. The molecule has 0 radical (unpaired) electrons. The van der Waals surface area contributed by atoms with Crippen LogP contribution in [0, 0.1) is 6.92 Å². The Morgan fingerprint density at radius 2 is 2.35 bits per heavy atom. The molecule has 0 fully saturated rings. The summed E-state index contributed by atoms with van der Waals surface area (Å²) >= 11 is 0. The van der Waals surface area contributed by atoms with Crippen molar-refractivity contribution in [1.82, 2.24) is 9.78 Å². The summed E-state index contributed by atoms with van der Waals surface area (Å²) in [5, 5.41) is 16.8. The lowest BCUT2D eigenvalue weighted by Crippen LogP contribution is -1.98. The number of hydrogen-bond donors (Lipinski definition) is 2. The van der Waals surface area contributed by atoms with Gasteiger partial charge in [-0.05, 0) is 30.7 Å². The molecule has 2 N–H and O–H groups in total. The Morgan fingerprint density at radius 1 is 1.53 bits per heavy atom. The van der Waals surface area contributed by atoms with Gasteiger partial charge in [0.1, 0.15) is 5.75 Å². The first-order valence-corrected chi connectivity index (χ1v) is 5.38. The van der Waals surface area contributed by atoms with Gasteiger partial charge in [-0.3, -0.25) is 0 Å². The van der Waals surface area contributed by atoms with Crippen LogP contribution in [0.15, 0.2) is 37.2 Å². The molecule has 0 aliphatic heterocycles. The zero-order chi connectivity index (χ0) is 12.3. The van der Waals surface area contributed by atoms with Gasteiger partial charge in [-0.2, -0.15) is 5.10 Å². The number of aryl methyl sites for hydroxylation is 1. The summed E-state index contributed by atoms with van der Waals surface area (Å²) in [7, 11) is 0. The second kappa shape index (κ2) is 4.74. The van der Waals surface area contributed by atoms with Gasteiger partial charge < -0.3 is 10.4 Å². The van der Waals surface area contributed by atoms with Crippen molar-refractivity contribution in [2.75, 3.05) is 5.32 Å². The highest BCUT2D eigenvalue weighted by atomic mass is 16.3. The maximum Gasteiger partial charge on any atom is 0.118 e. The van der Waals surface area contributed by atoms with Crippen LogP contribution in [-0.2, 0) is 6.54 Å². The van der Waals surface area contributed by atoms with Crippen LogP contribution in [-0.4, -0.2) is 14.9 Å². The van der Waals surface area contributed by atoms with E-state index in [0.29, 0.717) is 12.3 Å². The van der Waals surface area contributed by atoms with Crippen LogP contribution >= 0.6 is 0 Å². The van der Waals surface area contributed by atoms with Crippen LogP contribution in [0.4, 0.5) is 5.69 Å². The molecule has 0 aliphatic rings. The minimum absolute atomic E-state index is 0.315. The Kier molecular flexibility index (Phi) is 3.14. The second-order valence-corrected chi connectivity index (χ2v) is 3.87. The monoisotopic (exact) mass is 229 g/mol. The maximum absolute atomic E-state index is 9.41. The Hall–Kier alpha value is -2.23. The number of nitrogens with one attached hydrogen (secondary N) is 1. The van der Waals surface area contributed by atoms with E-state index in [2.05, 4.69) is 17.0 Å². The van der Waals surface area contributed by atoms with Gasteiger partial charge >= 0.3 is 0 Å². The molecule has 2 aromatic rings. The molecule has 1 aromatic carbocycles. The van der Waals surface area contributed by atoms with Crippen molar-refractivity contribution in [2.24, 2.45) is 0 Å². The molecule has 0 spiro atoms. The summed E-state index contributed by atoms with van der Waals surface area (Å²) in [4.78, 5) is 0. The zero-order valence-electron chi connectivity index (χ0n) is 9.72. The van der Waals surface area contributed by atoms with E-state index in [0.717, 1.165) is 16.8 Å². The fourth-order valence-corrected chi connectivity index (χ4v) is 1.54. The van der Waals surface area contributed by atoms with Crippen molar-refractivity contribution in [3.63, 3.8) is 0 Å². The third-order valence-electron chi connectivity index (χ3n) is 2.54. The summed E-state index contributed by atoms with van der Waals surface area (Å²) in [6.45, 7) is 6.20. The first kappa shape index (κ1) is 11.3. The lowest BCUT2D eigenvalue weighted by molar-refractivity contribution is 0.471. The van der Waals surface area contributed by atoms with Crippen LogP contribution in [0.2, 0.25) is 0 Å². The van der Waals surface area contributed by atoms with E-state index in [4.69, 9.17) is 0 Å². The number of benzene rings is 1. The summed E-state index contributed by atoms with van der Waals surface area (Å²) in [6.07, 6.45) is 5.35. The highest BCUT2D eigenvalue weighted by Crippen LogP contribution is 2.20. The molecule has 17 heavy (non-hydrogen) atoms. The minimum atomic E-state index is 0.315. The van der Waals surface area contributed by atoms with Gasteiger partial charge in [-0.1, -0.05) is 6.58 Å². The highest BCUT2D eigenvalue weighted by Gasteiger charge is 1.99. The number of phenolic OH excluding ortho intramolecular Hbond substituents is 1. The number of hydrogen-bond acceptors (Lipinski definition) is 3. The van der Waals surface area contributed by atoms with E-state index >= 15 is 0 Å². The Bertz CT molecular complexity index is 531. The summed E-state index contributed by atoms with van der Waals surface area (Å²) in [5.74, 6) is 0.315. The molecule has 0 unspecified atom stereocenters. The van der Waals surface area contributed by atoms with E-state index in [9.17, 15) is 5.11 Å². The van der Waals surface area contributed by atoms with Gasteiger partial charge in [0.15, 0.2) is 0 Å². The molecule has 0 aliphatic carbocycles. The van der Waals surface area contributed by atoms with Crippen molar-refractivity contribution in [1.29, 1.82) is 0 Å². The molecule has 0 atom stereocenters. The molecule has 88 valence electrons. The maximum atomic E-state index is 9.41. The highest BCUT2D eigenvalue weighted by molar-refractivity contribution is 5.50. The average Bonchev–Trinajstić information content (AvgIpc) is 2.79. The molecule has 1 heterocycles. The van der Waals surface area contributed by atoms with Gasteiger partial charge in [-0.15, -0.1) is 0 Å². The number of rotatable bonds is 4. The van der Waals surface area contributed by atoms with E-state index < -0.39 is 0 Å². The molecule has 1 aromatic heterocycles. The van der Waals surface area contributed by atoms with Gasteiger partial charge in [0.05, 0.1) is 6.20 Å². The molecule has 0 bridgehead atoms. The van der Waals surface area contributed by atoms with E-state index in [1.807, 2.05) is 25.3 Å². The van der Waals surface area contributed by atoms with Crippen LogP contribution in [0.1, 0.15) is 11.1 Å². The molecule has 4 heteroatoms. The van der Waals surface area contributed by atoms with Crippen molar-refractivity contribution >= 4 is 11.9 Å². The normalized spacial score (nSPS) is 10.2. The second-order valence-electron chi connectivity index (χ2n) is 3.87. The van der Waals surface area contributed by atoms with Gasteiger partial charge in [-0.25, -0.2) is 4.68 Å². The number of phenols is 1. The molecule has 0 saturated heterocycles. The fraction of sp³-hybridized carbons (Fsp3) is 0.154. The van der Waals surface area contributed by atoms with Gasteiger partial charge in [0, 0.05) is 30.2 Å². The van der Waals surface area contributed by atoms with Crippen molar-refractivity contribution in [2.45, 2.75) is 13.5 Å². The molecule has 2 rings (SSSR count). The topological polar surface area (TPSA) is 50.1 Å². The molecular formula is C13H15N3O. The van der Waals surface area contributed by atoms with Crippen molar-refractivity contribution in [3.05, 3.63) is 48.3 Å². The molecule has 4 nitrogen and oxygen atoms in total. The fourth-order valence-electron chi connectivity index (χ4n) is 1.54. The first-order chi connectivity index (χ1) is 8.19. The number of nitrogens with zero attached hydrogens (tertiary/aromatic N) is 2. The predicted octanol–water partition coefficient (Wildman–Crippen LogP) is 2.61. The SMILES string of the molecule is C=Cn1cc(CNc2ccc(O)c(C)c2)cn1. The van der Waals surface area contributed by atoms with Crippen LogP contribution < -0.4 is 5.32 Å². The number of aromatic nitrogens is 2. The van der Waals surface area contributed by atoms with Crippen molar-refractivity contribution in [3.8, 4) is 5.75 Å². The predicted molar refractivity (Wildman–Crippen MR) is 68.8 cm³/mol. The van der Waals surface area contributed by atoms with Crippen LogP contribution in [0.25, 0.3) is 6.20 Å². The minimum Gasteiger partial charge on any atom is -0.508 e. The summed E-state index contributed by atoms with van der Waals surface area (Å²) < 4.78 is 1.67. The average molecular weight is 229 g/mol. The van der Waals surface area contributed by atoms with Gasteiger partial charge in [0.2, 0.25) is 0 Å². The standard InChI is InChI=1S/C13H15N3O/c1-3-16-9-11(8-15-16)7-14-12-4-5-13(17)10(2)6-12/h3-6,8-9,14,17H,1,7H2,2H3. The Labute approximate surface area is 100 Å². The smallest absolute Gasteiger partial charge is 0.118 e. The quantitative estimate of drug-likeness (QED) is 0.792. The first-order valence-electron chi connectivity index (χ1n) is 5.38. The van der Waals surface area contributed by atoms with Crippen LogP contribution in [0.5, 0.6) is 5.75 Å². The third-order valence-corrected chi connectivity index (χ3v) is 2.54. The molecular weight excluding hydrogens is 214 g/mol. The Balaban J connectivity index is 2.01. The van der Waals surface area contributed by atoms with E-state index in [1.165, 1.54) is 0 Å². The summed E-state index contributed by atoms with van der Waals surface area (Å²) in [5.41, 5.74) is 2.92. The van der Waals surface area contributed by atoms with E-state index in [-0.39, 0.29) is 0 Å². The number of aromatic hydroxyl groups is 1.